The largest absolute Gasteiger partial charge is 0.497 e. The lowest BCUT2D eigenvalue weighted by molar-refractivity contribution is 0.0712. The number of hydrogen-bond acceptors (Lipinski definition) is 4. The fourth-order valence-corrected chi connectivity index (χ4v) is 1.59. The third-order valence-electron chi connectivity index (χ3n) is 2.48. The highest BCUT2D eigenvalue weighted by Crippen LogP contribution is 2.25. The van der Waals surface area contributed by atoms with Gasteiger partial charge in [-0.05, 0) is 30.4 Å². The summed E-state index contributed by atoms with van der Waals surface area (Å²) in [5.74, 6) is 0.781. The van der Waals surface area contributed by atoms with Crippen LogP contribution >= 0.6 is 12.2 Å². The lowest BCUT2D eigenvalue weighted by Gasteiger charge is -2.06. The summed E-state index contributed by atoms with van der Waals surface area (Å²) < 4.78 is 10.6. The van der Waals surface area contributed by atoms with Crippen LogP contribution in [0, 0.1) is 0 Å². The van der Waals surface area contributed by atoms with Gasteiger partial charge in [0.15, 0.2) is 5.11 Å². The van der Waals surface area contributed by atoms with Crippen LogP contribution in [0.5, 0.6) is 5.75 Å². The van der Waals surface area contributed by atoms with Crippen molar-refractivity contribution in [2.45, 2.75) is 6.61 Å². The van der Waals surface area contributed by atoms with Crippen molar-refractivity contribution in [3.8, 4) is 5.75 Å². The molecule has 96 valence electrons. The first-order valence-electron chi connectivity index (χ1n) is 5.38. The molecule has 2 rings (SSSR count). The Morgan fingerprint density at radius 3 is 3.00 bits per heavy atom. The molecule has 2 N–H and O–H groups in total. The van der Waals surface area contributed by atoms with Gasteiger partial charge in [0.1, 0.15) is 17.9 Å². The van der Waals surface area contributed by atoms with E-state index < -0.39 is 0 Å². The van der Waals surface area contributed by atoms with Crippen molar-refractivity contribution in [1.29, 1.82) is 0 Å². The second-order valence-corrected chi connectivity index (χ2v) is 4.00. The van der Waals surface area contributed by atoms with Gasteiger partial charge in [0, 0.05) is 18.0 Å². The molecule has 0 saturated heterocycles. The van der Waals surface area contributed by atoms with Crippen molar-refractivity contribution >= 4 is 28.3 Å². The van der Waals surface area contributed by atoms with Gasteiger partial charge in [0.2, 0.25) is 0 Å². The van der Waals surface area contributed by atoms with E-state index in [2.05, 4.69) is 10.8 Å². The van der Waals surface area contributed by atoms with E-state index in [9.17, 15) is 0 Å². The Balaban J connectivity index is 2.10. The predicted octanol–water partition coefficient (Wildman–Crippen LogP) is 1.97. The number of benzene rings is 1. The summed E-state index contributed by atoms with van der Waals surface area (Å²) >= 11 is 4.89. The number of hydroxylamine groups is 1. The summed E-state index contributed by atoms with van der Waals surface area (Å²) in [5.41, 5.74) is 4.33. The fourth-order valence-electron chi connectivity index (χ4n) is 1.53. The number of hydrogen-bond donors (Lipinski definition) is 2. The van der Waals surface area contributed by atoms with Gasteiger partial charge in [0.05, 0.1) is 13.4 Å². The molecular weight excluding hydrogens is 252 g/mol. The van der Waals surface area contributed by atoms with Gasteiger partial charge in [-0.25, -0.2) is 5.48 Å². The van der Waals surface area contributed by atoms with Crippen LogP contribution in [-0.2, 0) is 11.4 Å². The first kappa shape index (κ1) is 12.7. The highest BCUT2D eigenvalue weighted by atomic mass is 32.1. The van der Waals surface area contributed by atoms with E-state index in [1.165, 1.54) is 0 Å². The van der Waals surface area contributed by atoms with Gasteiger partial charge >= 0.3 is 0 Å². The number of rotatable bonds is 4. The fraction of sp³-hybridized carbons (Fsp3) is 0.250. The van der Waals surface area contributed by atoms with Gasteiger partial charge in [-0.1, -0.05) is 0 Å². The molecule has 0 amide bonds. The smallest absolute Gasteiger partial charge is 0.190 e. The predicted molar refractivity (Wildman–Crippen MR) is 72.3 cm³/mol. The Morgan fingerprint density at radius 2 is 2.28 bits per heavy atom. The van der Waals surface area contributed by atoms with Crippen molar-refractivity contribution in [3.05, 3.63) is 30.0 Å². The SMILES string of the molecule is CNC(=S)NOCc1coc2ccc(OC)cc12. The van der Waals surface area contributed by atoms with E-state index in [0.717, 1.165) is 22.3 Å². The number of fused-ring (bicyclic) bond motifs is 1. The molecular formula is C12H14N2O3S. The molecule has 0 atom stereocenters. The van der Waals surface area contributed by atoms with Crippen LogP contribution in [0.4, 0.5) is 0 Å². The van der Waals surface area contributed by atoms with E-state index in [-0.39, 0.29) is 0 Å². The van der Waals surface area contributed by atoms with Crippen LogP contribution in [0.2, 0.25) is 0 Å². The summed E-state index contributed by atoms with van der Waals surface area (Å²) in [5, 5.41) is 4.15. The second kappa shape index (κ2) is 5.70. The number of thiocarbonyl (C=S) groups is 1. The summed E-state index contributed by atoms with van der Waals surface area (Å²) in [7, 11) is 3.35. The van der Waals surface area contributed by atoms with Crippen molar-refractivity contribution in [3.63, 3.8) is 0 Å². The second-order valence-electron chi connectivity index (χ2n) is 3.59. The van der Waals surface area contributed by atoms with E-state index >= 15 is 0 Å². The molecule has 1 aromatic heterocycles. The zero-order chi connectivity index (χ0) is 13.0. The average molecular weight is 266 g/mol. The molecule has 5 nitrogen and oxygen atoms in total. The Hall–Kier alpha value is -1.79. The molecule has 18 heavy (non-hydrogen) atoms. The third kappa shape index (κ3) is 2.72. The van der Waals surface area contributed by atoms with Crippen LogP contribution in [0.1, 0.15) is 5.56 Å². The Bertz CT molecular complexity index is 553. The molecule has 0 aliphatic carbocycles. The molecule has 0 saturated carbocycles. The quantitative estimate of drug-likeness (QED) is 0.652. The minimum absolute atomic E-state index is 0.349. The maximum atomic E-state index is 5.42. The van der Waals surface area contributed by atoms with Crippen LogP contribution < -0.4 is 15.5 Å². The standard InChI is InChI=1S/C12H14N2O3S/c1-13-12(18)14-17-7-8-6-16-11-4-3-9(15-2)5-10(8)11/h3-6H,7H2,1-2H3,(H2,13,14,18). The summed E-state index contributed by atoms with van der Waals surface area (Å²) in [6.07, 6.45) is 1.66. The van der Waals surface area contributed by atoms with E-state index in [1.807, 2.05) is 18.2 Å². The van der Waals surface area contributed by atoms with Crippen LogP contribution in [0.15, 0.2) is 28.9 Å². The van der Waals surface area contributed by atoms with Crippen molar-refractivity contribution in [2.24, 2.45) is 0 Å². The molecule has 2 aromatic rings. The van der Waals surface area contributed by atoms with E-state index in [1.54, 1.807) is 20.4 Å². The Morgan fingerprint density at radius 1 is 1.44 bits per heavy atom. The molecule has 0 spiro atoms. The number of ether oxygens (including phenoxy) is 1. The Labute approximate surface area is 110 Å². The Kier molecular flexibility index (Phi) is 4.01. The topological polar surface area (TPSA) is 55.7 Å². The molecule has 1 aromatic carbocycles. The van der Waals surface area contributed by atoms with Gasteiger partial charge in [0.25, 0.3) is 0 Å². The summed E-state index contributed by atoms with van der Waals surface area (Å²) in [6.45, 7) is 0.349. The average Bonchev–Trinajstić information content (AvgIpc) is 2.81. The number of furan rings is 1. The van der Waals surface area contributed by atoms with Crippen LogP contribution in [0.25, 0.3) is 11.0 Å². The third-order valence-corrected chi connectivity index (χ3v) is 2.77. The number of methoxy groups -OCH3 is 1. The van der Waals surface area contributed by atoms with Crippen molar-refractivity contribution in [1.82, 2.24) is 10.8 Å². The molecule has 0 radical (unpaired) electrons. The first-order valence-corrected chi connectivity index (χ1v) is 5.79. The highest BCUT2D eigenvalue weighted by molar-refractivity contribution is 7.80. The van der Waals surface area contributed by atoms with Gasteiger partial charge in [-0.2, -0.15) is 0 Å². The normalized spacial score (nSPS) is 10.3. The van der Waals surface area contributed by atoms with Crippen molar-refractivity contribution < 1.29 is 14.0 Å². The monoisotopic (exact) mass is 266 g/mol. The lowest BCUT2D eigenvalue weighted by Crippen LogP contribution is -2.32. The van der Waals surface area contributed by atoms with E-state index in [4.69, 9.17) is 26.2 Å². The first-order chi connectivity index (χ1) is 8.74. The minimum Gasteiger partial charge on any atom is -0.497 e. The van der Waals surface area contributed by atoms with Gasteiger partial charge in [-0.15, -0.1) is 0 Å². The van der Waals surface area contributed by atoms with Gasteiger partial charge in [-0.3, -0.25) is 4.84 Å². The highest BCUT2D eigenvalue weighted by Gasteiger charge is 2.07. The number of nitrogens with one attached hydrogen (secondary N) is 2. The minimum atomic E-state index is 0.349. The summed E-state index contributed by atoms with van der Waals surface area (Å²) in [4.78, 5) is 5.26. The molecule has 0 fully saturated rings. The molecule has 0 unspecified atom stereocenters. The van der Waals surface area contributed by atoms with Gasteiger partial charge < -0.3 is 14.5 Å². The maximum Gasteiger partial charge on any atom is 0.190 e. The maximum absolute atomic E-state index is 5.42. The summed E-state index contributed by atoms with van der Waals surface area (Å²) in [6, 6.07) is 5.63. The molecule has 1 heterocycles. The molecule has 0 aliphatic rings. The van der Waals surface area contributed by atoms with Crippen molar-refractivity contribution in [2.75, 3.05) is 14.2 Å². The zero-order valence-electron chi connectivity index (χ0n) is 10.1. The van der Waals surface area contributed by atoms with Crippen LogP contribution in [0.3, 0.4) is 0 Å². The van der Waals surface area contributed by atoms with E-state index in [0.29, 0.717) is 11.7 Å². The lowest BCUT2D eigenvalue weighted by atomic mass is 10.2. The molecule has 0 aliphatic heterocycles. The van der Waals surface area contributed by atoms with Crippen LogP contribution in [-0.4, -0.2) is 19.3 Å². The zero-order valence-corrected chi connectivity index (χ0v) is 11.0. The molecule has 0 bridgehead atoms. The molecule has 6 heteroatoms.